The van der Waals surface area contributed by atoms with Crippen LogP contribution in [0.4, 0.5) is 0 Å². The van der Waals surface area contributed by atoms with E-state index >= 15 is 0 Å². The molecule has 0 unspecified atom stereocenters. The molecule has 2 heterocycles. The second kappa shape index (κ2) is 7.10. The largest absolute Gasteiger partial charge is 0.351 e. The second-order valence-electron chi connectivity index (χ2n) is 5.37. The Morgan fingerprint density at radius 1 is 1.43 bits per heavy atom. The van der Waals surface area contributed by atoms with Crippen LogP contribution in [0.1, 0.15) is 24.4 Å². The Labute approximate surface area is 125 Å². The number of amides is 1. The zero-order valence-corrected chi connectivity index (χ0v) is 13.0. The average Bonchev–Trinajstić information content (AvgIpc) is 2.89. The molecule has 0 saturated heterocycles. The first-order chi connectivity index (χ1) is 10.1. The number of nitrogens with zero attached hydrogens (tertiary/aromatic N) is 4. The number of carbonyl (C=O) groups excluding carboxylic acids is 1. The fourth-order valence-corrected chi connectivity index (χ4v) is 2.27. The highest BCUT2D eigenvalue weighted by Gasteiger charge is 2.12. The van der Waals surface area contributed by atoms with Crippen LogP contribution in [0.2, 0.25) is 0 Å². The third-order valence-electron chi connectivity index (χ3n) is 3.52. The lowest BCUT2D eigenvalue weighted by Gasteiger charge is -2.13. The molecule has 0 aromatic carbocycles. The lowest BCUT2D eigenvalue weighted by molar-refractivity contribution is -0.127. The Morgan fingerprint density at radius 2 is 2.24 bits per heavy atom. The van der Waals surface area contributed by atoms with Gasteiger partial charge < -0.3 is 20.1 Å². The van der Waals surface area contributed by atoms with Gasteiger partial charge in [0.2, 0.25) is 5.91 Å². The average molecular weight is 292 g/mol. The molecule has 0 saturated carbocycles. The quantitative estimate of drug-likeness (QED) is 0.604. The maximum absolute atomic E-state index is 11.5. The third-order valence-corrected chi connectivity index (χ3v) is 3.52. The van der Waals surface area contributed by atoms with E-state index in [-0.39, 0.29) is 12.5 Å². The summed E-state index contributed by atoms with van der Waals surface area (Å²) in [6.45, 7) is 1.90. The van der Waals surface area contributed by atoms with Gasteiger partial charge in [0, 0.05) is 40.3 Å². The number of rotatable bonds is 4. The minimum absolute atomic E-state index is 0.00963. The number of fused-ring (bicyclic) bond motifs is 1. The summed E-state index contributed by atoms with van der Waals surface area (Å²) < 4.78 is 2.23. The molecule has 1 amide bonds. The smallest absolute Gasteiger partial charge is 0.241 e. The molecule has 1 aromatic rings. The van der Waals surface area contributed by atoms with Crippen molar-refractivity contribution in [3.8, 4) is 0 Å². The molecule has 0 aliphatic carbocycles. The molecule has 7 nitrogen and oxygen atoms in total. The Hall–Kier alpha value is -2.05. The molecule has 0 fully saturated rings. The predicted octanol–water partition coefficient (Wildman–Crippen LogP) is -0.0274. The van der Waals surface area contributed by atoms with Crippen molar-refractivity contribution in [2.24, 2.45) is 4.99 Å². The van der Waals surface area contributed by atoms with E-state index in [1.165, 1.54) is 18.7 Å². The van der Waals surface area contributed by atoms with E-state index < -0.39 is 0 Å². The van der Waals surface area contributed by atoms with Crippen molar-refractivity contribution in [3.05, 3.63) is 17.7 Å². The van der Waals surface area contributed by atoms with Gasteiger partial charge in [-0.1, -0.05) is 0 Å². The highest BCUT2D eigenvalue weighted by atomic mass is 16.2. The number of likely N-dealkylation sites (N-methyl/N-ethyl adjacent to an activating group) is 1. The minimum Gasteiger partial charge on any atom is -0.351 e. The van der Waals surface area contributed by atoms with Crippen LogP contribution < -0.4 is 10.6 Å². The highest BCUT2D eigenvalue weighted by molar-refractivity contribution is 5.86. The third kappa shape index (κ3) is 4.21. The summed E-state index contributed by atoms with van der Waals surface area (Å²) in [5.74, 6) is 1.79. The molecule has 1 aliphatic rings. The Morgan fingerprint density at radius 3 is 2.90 bits per heavy atom. The predicted molar refractivity (Wildman–Crippen MR) is 82.1 cm³/mol. The summed E-state index contributed by atoms with van der Waals surface area (Å²) in [7, 11) is 5.15. The van der Waals surface area contributed by atoms with Crippen LogP contribution in [0, 0.1) is 0 Å². The molecule has 0 spiro atoms. The van der Waals surface area contributed by atoms with Crippen molar-refractivity contribution in [2.75, 3.05) is 27.7 Å². The number of aromatic nitrogens is 2. The van der Waals surface area contributed by atoms with Gasteiger partial charge in [-0.3, -0.25) is 9.79 Å². The number of guanidine groups is 1. The number of carbonyl (C=O) groups is 1. The van der Waals surface area contributed by atoms with Crippen LogP contribution in [0.15, 0.2) is 11.2 Å². The summed E-state index contributed by atoms with van der Waals surface area (Å²) in [4.78, 5) is 21.8. The van der Waals surface area contributed by atoms with Crippen LogP contribution in [-0.4, -0.2) is 54.0 Å². The number of hydrogen-bond donors (Lipinski definition) is 2. The van der Waals surface area contributed by atoms with Gasteiger partial charge in [0.25, 0.3) is 0 Å². The number of hydrogen-bond acceptors (Lipinski definition) is 3. The maximum Gasteiger partial charge on any atom is 0.241 e. The van der Waals surface area contributed by atoms with Crippen molar-refractivity contribution in [1.29, 1.82) is 0 Å². The molecule has 0 radical (unpaired) electrons. The van der Waals surface area contributed by atoms with Gasteiger partial charge in [-0.05, 0) is 12.8 Å². The lowest BCUT2D eigenvalue weighted by atomic mass is 10.2. The van der Waals surface area contributed by atoms with Crippen LogP contribution in [-0.2, 0) is 24.3 Å². The van der Waals surface area contributed by atoms with Crippen LogP contribution in [0.3, 0.4) is 0 Å². The molecule has 2 N–H and O–H groups in total. The molecule has 116 valence electrons. The zero-order chi connectivity index (χ0) is 15.2. The number of aliphatic imine (C=N–C) groups is 1. The molecule has 21 heavy (non-hydrogen) atoms. The SMILES string of the molecule is CN=C(NCC(=O)N(C)C)NCc1cn2c(n1)CCCC2. The summed E-state index contributed by atoms with van der Waals surface area (Å²) in [6, 6.07) is 0. The van der Waals surface area contributed by atoms with E-state index in [2.05, 4.69) is 31.4 Å². The van der Waals surface area contributed by atoms with Gasteiger partial charge in [0.1, 0.15) is 5.82 Å². The van der Waals surface area contributed by atoms with Crippen molar-refractivity contribution in [2.45, 2.75) is 32.4 Å². The second-order valence-corrected chi connectivity index (χ2v) is 5.37. The van der Waals surface area contributed by atoms with Crippen molar-refractivity contribution in [1.82, 2.24) is 25.1 Å². The van der Waals surface area contributed by atoms with Gasteiger partial charge in [-0.2, -0.15) is 0 Å². The van der Waals surface area contributed by atoms with Crippen molar-refractivity contribution >= 4 is 11.9 Å². The molecule has 2 rings (SSSR count). The number of imidazole rings is 1. The van der Waals surface area contributed by atoms with Crippen LogP contribution in [0.5, 0.6) is 0 Å². The number of aryl methyl sites for hydroxylation is 2. The molecule has 0 bridgehead atoms. The molecule has 1 aliphatic heterocycles. The normalized spacial score (nSPS) is 14.5. The Bertz CT molecular complexity index is 496. The van der Waals surface area contributed by atoms with E-state index in [9.17, 15) is 4.79 Å². The van der Waals surface area contributed by atoms with Gasteiger partial charge in [0.15, 0.2) is 5.96 Å². The van der Waals surface area contributed by atoms with E-state index in [4.69, 9.17) is 0 Å². The first-order valence-electron chi connectivity index (χ1n) is 7.29. The van der Waals surface area contributed by atoms with Crippen molar-refractivity contribution < 1.29 is 4.79 Å². The fraction of sp³-hybridized carbons (Fsp3) is 0.643. The van der Waals surface area contributed by atoms with Crippen LogP contribution in [0.25, 0.3) is 0 Å². The van der Waals surface area contributed by atoms with Gasteiger partial charge in [-0.15, -0.1) is 0 Å². The minimum atomic E-state index is 0.00963. The maximum atomic E-state index is 11.5. The standard InChI is InChI=1S/C14H24N6O/c1-15-14(17-9-13(21)19(2)3)16-8-11-10-20-7-5-4-6-12(20)18-11/h10H,4-9H2,1-3H3,(H2,15,16,17). The topological polar surface area (TPSA) is 74.6 Å². The fourth-order valence-electron chi connectivity index (χ4n) is 2.27. The summed E-state index contributed by atoms with van der Waals surface area (Å²) in [6.07, 6.45) is 5.61. The Balaban J connectivity index is 1.83. The number of nitrogens with one attached hydrogen (secondary N) is 2. The monoisotopic (exact) mass is 292 g/mol. The van der Waals surface area contributed by atoms with Gasteiger partial charge >= 0.3 is 0 Å². The lowest BCUT2D eigenvalue weighted by Crippen LogP contribution is -2.42. The molecule has 1 aromatic heterocycles. The van der Waals surface area contributed by atoms with Gasteiger partial charge in [0.05, 0.1) is 18.8 Å². The van der Waals surface area contributed by atoms with Gasteiger partial charge in [-0.25, -0.2) is 4.98 Å². The molecular weight excluding hydrogens is 268 g/mol. The van der Waals surface area contributed by atoms with Crippen LogP contribution >= 0.6 is 0 Å². The van der Waals surface area contributed by atoms with E-state index in [1.807, 2.05) is 0 Å². The van der Waals surface area contributed by atoms with Crippen molar-refractivity contribution in [3.63, 3.8) is 0 Å². The summed E-state index contributed by atoms with van der Waals surface area (Å²) in [5, 5.41) is 6.18. The first kappa shape index (κ1) is 15.3. The highest BCUT2D eigenvalue weighted by Crippen LogP contribution is 2.14. The molecule has 0 atom stereocenters. The van der Waals surface area contributed by atoms with E-state index in [0.29, 0.717) is 12.5 Å². The molecular formula is C14H24N6O. The molecule has 7 heteroatoms. The Kier molecular flexibility index (Phi) is 5.19. The van der Waals surface area contributed by atoms with E-state index in [0.717, 1.165) is 18.7 Å². The summed E-state index contributed by atoms with van der Waals surface area (Å²) >= 11 is 0. The zero-order valence-electron chi connectivity index (χ0n) is 13.0. The first-order valence-corrected chi connectivity index (χ1v) is 7.29. The summed E-state index contributed by atoms with van der Waals surface area (Å²) in [5.41, 5.74) is 1.01. The van der Waals surface area contributed by atoms with E-state index in [1.54, 1.807) is 26.0 Å².